The molecular formula is C12H11BrN2O2S. The quantitative estimate of drug-likeness (QED) is 0.938. The molecule has 0 saturated carbocycles. The highest BCUT2D eigenvalue weighted by Crippen LogP contribution is 2.36. The molecule has 1 saturated heterocycles. The molecule has 1 aliphatic rings. The Kier molecular flexibility index (Phi) is 3.32. The number of aromatic nitrogens is 1. The number of nitrogen functional groups attached to an aromatic ring is 1. The number of hydrogen-bond acceptors (Lipinski definition) is 5. The van der Waals surface area contributed by atoms with Crippen LogP contribution in [0.4, 0.5) is 5.82 Å². The van der Waals surface area contributed by atoms with E-state index in [4.69, 9.17) is 15.0 Å². The Morgan fingerprint density at radius 2 is 2.17 bits per heavy atom. The predicted molar refractivity (Wildman–Crippen MR) is 74.5 cm³/mol. The fourth-order valence-electron chi connectivity index (χ4n) is 1.64. The molecule has 0 spiro atoms. The maximum Gasteiger partial charge on any atom is 0.169 e. The minimum absolute atomic E-state index is 0.395. The van der Waals surface area contributed by atoms with E-state index in [1.54, 1.807) is 6.07 Å². The molecule has 1 aromatic carbocycles. The van der Waals surface area contributed by atoms with Crippen LogP contribution < -0.4 is 5.73 Å². The van der Waals surface area contributed by atoms with E-state index in [1.807, 2.05) is 23.9 Å². The van der Waals surface area contributed by atoms with Gasteiger partial charge in [0.15, 0.2) is 11.6 Å². The third-order valence-electron chi connectivity index (χ3n) is 2.65. The van der Waals surface area contributed by atoms with Crippen molar-refractivity contribution < 1.29 is 9.26 Å². The lowest BCUT2D eigenvalue weighted by Crippen LogP contribution is -2.30. The highest BCUT2D eigenvalue weighted by molar-refractivity contribution is 9.10. The van der Waals surface area contributed by atoms with Gasteiger partial charge in [0.05, 0.1) is 18.5 Å². The van der Waals surface area contributed by atoms with Crippen LogP contribution >= 0.6 is 27.7 Å². The molecule has 3 rings (SSSR count). The minimum atomic E-state index is 0.395. The zero-order chi connectivity index (χ0) is 12.5. The SMILES string of the molecule is Nc1cc(-c2ccc(SC3COC3)c(Br)c2)on1. The number of ether oxygens (including phenoxy) is 1. The topological polar surface area (TPSA) is 61.3 Å². The van der Waals surface area contributed by atoms with Gasteiger partial charge in [-0.25, -0.2) is 0 Å². The molecule has 0 unspecified atom stereocenters. The van der Waals surface area contributed by atoms with Crippen molar-refractivity contribution in [3.05, 3.63) is 28.7 Å². The third kappa shape index (κ3) is 2.41. The normalized spacial score (nSPS) is 15.6. The largest absolute Gasteiger partial charge is 0.381 e. The smallest absolute Gasteiger partial charge is 0.169 e. The van der Waals surface area contributed by atoms with Crippen LogP contribution in [-0.4, -0.2) is 23.6 Å². The van der Waals surface area contributed by atoms with Crippen LogP contribution in [0.5, 0.6) is 0 Å². The molecule has 94 valence electrons. The van der Waals surface area contributed by atoms with Crippen LogP contribution in [0.2, 0.25) is 0 Å². The summed E-state index contributed by atoms with van der Waals surface area (Å²) in [5.74, 6) is 1.07. The van der Waals surface area contributed by atoms with Crippen molar-refractivity contribution in [1.82, 2.24) is 5.16 Å². The average molecular weight is 327 g/mol. The standard InChI is InChI=1S/C12H11BrN2O2S/c13-9-3-7(10-4-12(14)15-17-10)1-2-11(9)18-8-5-16-6-8/h1-4,8H,5-6H2,(H2,14,15). The van der Waals surface area contributed by atoms with Gasteiger partial charge in [-0.2, -0.15) is 0 Å². The Labute approximate surface area is 117 Å². The molecule has 1 fully saturated rings. The van der Waals surface area contributed by atoms with E-state index in [1.165, 1.54) is 4.90 Å². The summed E-state index contributed by atoms with van der Waals surface area (Å²) in [6, 6.07) is 7.81. The first-order valence-electron chi connectivity index (χ1n) is 5.49. The molecule has 0 bridgehead atoms. The number of anilines is 1. The zero-order valence-corrected chi connectivity index (χ0v) is 11.8. The second-order valence-electron chi connectivity index (χ2n) is 4.04. The molecule has 1 aromatic heterocycles. The summed E-state index contributed by atoms with van der Waals surface area (Å²) in [5, 5.41) is 4.24. The van der Waals surface area contributed by atoms with Gasteiger partial charge in [-0.1, -0.05) is 5.16 Å². The van der Waals surface area contributed by atoms with Gasteiger partial charge >= 0.3 is 0 Å². The van der Waals surface area contributed by atoms with Crippen LogP contribution in [0.1, 0.15) is 0 Å². The van der Waals surface area contributed by atoms with E-state index in [-0.39, 0.29) is 0 Å². The molecule has 1 aliphatic heterocycles. The molecule has 6 heteroatoms. The average Bonchev–Trinajstić information content (AvgIpc) is 2.72. The number of hydrogen-bond donors (Lipinski definition) is 1. The highest BCUT2D eigenvalue weighted by atomic mass is 79.9. The third-order valence-corrected chi connectivity index (χ3v) is 4.78. The lowest BCUT2D eigenvalue weighted by molar-refractivity contribution is 0.0455. The van der Waals surface area contributed by atoms with E-state index in [0.29, 0.717) is 16.8 Å². The predicted octanol–water partition coefficient (Wildman–Crippen LogP) is 3.18. The summed E-state index contributed by atoms with van der Waals surface area (Å²) in [7, 11) is 0. The van der Waals surface area contributed by atoms with Gasteiger partial charge in [0.1, 0.15) is 0 Å². The Bertz CT molecular complexity index is 569. The Hall–Kier alpha value is -0.980. The number of nitrogens with zero attached hydrogens (tertiary/aromatic N) is 1. The van der Waals surface area contributed by atoms with Crippen molar-refractivity contribution >= 4 is 33.5 Å². The number of nitrogens with two attached hydrogens (primary N) is 1. The van der Waals surface area contributed by atoms with Crippen molar-refractivity contribution in [2.75, 3.05) is 18.9 Å². The summed E-state index contributed by atoms with van der Waals surface area (Å²) in [6.07, 6.45) is 0. The van der Waals surface area contributed by atoms with Gasteiger partial charge < -0.3 is 15.0 Å². The molecule has 0 aliphatic carbocycles. The first-order chi connectivity index (χ1) is 8.72. The van der Waals surface area contributed by atoms with Gasteiger partial charge in [-0.3, -0.25) is 0 Å². The maximum atomic E-state index is 5.54. The van der Waals surface area contributed by atoms with Crippen LogP contribution in [0.3, 0.4) is 0 Å². The second kappa shape index (κ2) is 4.95. The van der Waals surface area contributed by atoms with Gasteiger partial charge in [-0.15, -0.1) is 11.8 Å². The summed E-state index contributed by atoms with van der Waals surface area (Å²) in [5.41, 5.74) is 6.50. The molecule has 0 radical (unpaired) electrons. The van der Waals surface area contributed by atoms with Crippen LogP contribution in [-0.2, 0) is 4.74 Å². The number of benzene rings is 1. The van der Waals surface area contributed by atoms with Gasteiger partial charge in [0, 0.05) is 21.0 Å². The molecular weight excluding hydrogens is 316 g/mol. The Morgan fingerprint density at radius 3 is 2.72 bits per heavy atom. The van der Waals surface area contributed by atoms with Crippen molar-refractivity contribution in [2.24, 2.45) is 0 Å². The monoisotopic (exact) mass is 326 g/mol. The lowest BCUT2D eigenvalue weighted by Gasteiger charge is -2.25. The number of thioether (sulfide) groups is 1. The lowest BCUT2D eigenvalue weighted by atomic mass is 10.2. The van der Waals surface area contributed by atoms with Crippen LogP contribution in [0, 0.1) is 0 Å². The summed E-state index contributed by atoms with van der Waals surface area (Å²) < 4.78 is 11.4. The van der Waals surface area contributed by atoms with E-state index >= 15 is 0 Å². The maximum absolute atomic E-state index is 5.54. The van der Waals surface area contributed by atoms with Crippen molar-refractivity contribution in [3.8, 4) is 11.3 Å². The fourth-order valence-corrected chi connectivity index (χ4v) is 3.30. The number of rotatable bonds is 3. The van der Waals surface area contributed by atoms with Gasteiger partial charge in [-0.05, 0) is 34.1 Å². The Morgan fingerprint density at radius 1 is 1.33 bits per heavy atom. The fraction of sp³-hybridized carbons (Fsp3) is 0.250. The van der Waals surface area contributed by atoms with E-state index in [9.17, 15) is 0 Å². The van der Waals surface area contributed by atoms with Crippen molar-refractivity contribution in [1.29, 1.82) is 0 Å². The van der Waals surface area contributed by atoms with E-state index in [0.717, 1.165) is 23.2 Å². The van der Waals surface area contributed by atoms with Crippen molar-refractivity contribution in [3.63, 3.8) is 0 Å². The minimum Gasteiger partial charge on any atom is -0.381 e. The first-order valence-corrected chi connectivity index (χ1v) is 7.16. The molecule has 2 aromatic rings. The molecule has 0 amide bonds. The zero-order valence-electron chi connectivity index (χ0n) is 9.43. The first kappa shape index (κ1) is 12.1. The van der Waals surface area contributed by atoms with Crippen LogP contribution in [0.15, 0.2) is 38.2 Å². The molecule has 0 atom stereocenters. The van der Waals surface area contributed by atoms with Gasteiger partial charge in [0.25, 0.3) is 0 Å². The summed E-state index contributed by atoms with van der Waals surface area (Å²) in [4.78, 5) is 1.21. The second-order valence-corrected chi connectivity index (χ2v) is 6.24. The number of halogens is 1. The highest BCUT2D eigenvalue weighted by Gasteiger charge is 2.20. The summed E-state index contributed by atoms with van der Waals surface area (Å²) in [6.45, 7) is 1.66. The Balaban J connectivity index is 1.83. The summed E-state index contributed by atoms with van der Waals surface area (Å²) >= 11 is 5.40. The van der Waals surface area contributed by atoms with E-state index in [2.05, 4.69) is 27.2 Å². The van der Waals surface area contributed by atoms with Crippen molar-refractivity contribution in [2.45, 2.75) is 10.1 Å². The molecule has 2 N–H and O–H groups in total. The van der Waals surface area contributed by atoms with Gasteiger partial charge in [0.2, 0.25) is 0 Å². The van der Waals surface area contributed by atoms with Crippen LogP contribution in [0.25, 0.3) is 11.3 Å². The molecule has 18 heavy (non-hydrogen) atoms. The molecule has 4 nitrogen and oxygen atoms in total. The molecule has 2 heterocycles. The van der Waals surface area contributed by atoms with E-state index < -0.39 is 0 Å².